The number of hydrogen-bond acceptors (Lipinski definition) is 5. The Morgan fingerprint density at radius 2 is 2.19 bits per heavy atom. The first-order valence-corrected chi connectivity index (χ1v) is 6.46. The van der Waals surface area contributed by atoms with Crippen molar-refractivity contribution in [3.63, 3.8) is 0 Å². The van der Waals surface area contributed by atoms with Crippen molar-refractivity contribution in [2.24, 2.45) is 10.9 Å². The maximum atomic E-state index is 12.3. The second-order valence-corrected chi connectivity index (χ2v) is 4.40. The molecule has 1 aromatic heterocycles. The first kappa shape index (κ1) is 14.6. The monoisotopic (exact) mass is 287 g/mol. The Hall–Kier alpha value is -2.83. The summed E-state index contributed by atoms with van der Waals surface area (Å²) in [6, 6.07) is 7.06. The molecule has 7 nitrogen and oxygen atoms in total. The lowest BCUT2D eigenvalue weighted by molar-refractivity contribution is 0.318. The van der Waals surface area contributed by atoms with Crippen LogP contribution in [0, 0.1) is 0 Å². The molecule has 0 saturated heterocycles. The SMILES string of the molecule is CCn1ccnc(N(C)c2ccccc2/C(N)=N/O)c1=O. The van der Waals surface area contributed by atoms with Crippen LogP contribution in [-0.4, -0.2) is 27.6 Å². The van der Waals surface area contributed by atoms with E-state index in [0.29, 0.717) is 17.8 Å². The van der Waals surface area contributed by atoms with Crippen molar-refractivity contribution in [1.29, 1.82) is 0 Å². The van der Waals surface area contributed by atoms with E-state index in [0.717, 1.165) is 0 Å². The molecule has 0 atom stereocenters. The van der Waals surface area contributed by atoms with E-state index in [2.05, 4.69) is 10.1 Å². The minimum Gasteiger partial charge on any atom is -0.409 e. The van der Waals surface area contributed by atoms with Gasteiger partial charge in [-0.1, -0.05) is 17.3 Å². The van der Waals surface area contributed by atoms with Crippen LogP contribution < -0.4 is 16.2 Å². The van der Waals surface area contributed by atoms with Gasteiger partial charge in [0, 0.05) is 31.5 Å². The molecule has 0 aliphatic rings. The van der Waals surface area contributed by atoms with Crippen molar-refractivity contribution >= 4 is 17.3 Å². The third-order valence-electron chi connectivity index (χ3n) is 3.20. The summed E-state index contributed by atoms with van der Waals surface area (Å²) < 4.78 is 1.56. The molecule has 2 aromatic rings. The molecule has 0 bridgehead atoms. The number of aryl methyl sites for hydroxylation is 1. The standard InChI is InChI=1S/C14H17N5O2/c1-3-19-9-8-16-13(14(19)20)18(2)11-7-5-4-6-10(11)12(15)17-21/h4-9,21H,3H2,1-2H3,(H2,15,17). The lowest BCUT2D eigenvalue weighted by Gasteiger charge is -2.20. The molecule has 0 radical (unpaired) electrons. The van der Waals surface area contributed by atoms with Gasteiger partial charge in [0.1, 0.15) is 0 Å². The number of nitrogens with two attached hydrogens (primary N) is 1. The van der Waals surface area contributed by atoms with Crippen LogP contribution in [0.25, 0.3) is 0 Å². The summed E-state index contributed by atoms with van der Waals surface area (Å²) in [7, 11) is 1.72. The van der Waals surface area contributed by atoms with Gasteiger partial charge in [-0.15, -0.1) is 0 Å². The topological polar surface area (TPSA) is 96.7 Å². The van der Waals surface area contributed by atoms with Crippen LogP contribution in [0.5, 0.6) is 0 Å². The second-order valence-electron chi connectivity index (χ2n) is 4.40. The molecule has 0 unspecified atom stereocenters. The number of anilines is 2. The molecule has 0 aliphatic carbocycles. The fourth-order valence-corrected chi connectivity index (χ4v) is 2.07. The van der Waals surface area contributed by atoms with Crippen LogP contribution >= 0.6 is 0 Å². The first-order valence-electron chi connectivity index (χ1n) is 6.46. The first-order chi connectivity index (χ1) is 10.1. The van der Waals surface area contributed by atoms with E-state index in [1.807, 2.05) is 6.92 Å². The molecule has 7 heteroatoms. The average molecular weight is 287 g/mol. The van der Waals surface area contributed by atoms with Gasteiger partial charge in [-0.2, -0.15) is 0 Å². The van der Waals surface area contributed by atoms with Crippen LogP contribution in [0.15, 0.2) is 46.6 Å². The number of aromatic nitrogens is 2. The Morgan fingerprint density at radius 3 is 2.86 bits per heavy atom. The second kappa shape index (κ2) is 6.08. The number of hydrogen-bond donors (Lipinski definition) is 2. The maximum absolute atomic E-state index is 12.3. The largest absolute Gasteiger partial charge is 0.409 e. The van der Waals surface area contributed by atoms with Gasteiger partial charge in [-0.05, 0) is 19.1 Å². The number of nitrogens with zero attached hydrogens (tertiary/aromatic N) is 4. The molecule has 0 spiro atoms. The van der Waals surface area contributed by atoms with Crippen molar-refractivity contribution in [2.45, 2.75) is 13.5 Å². The fraction of sp³-hybridized carbons (Fsp3) is 0.214. The normalized spacial score (nSPS) is 11.4. The van der Waals surface area contributed by atoms with E-state index in [-0.39, 0.29) is 17.2 Å². The van der Waals surface area contributed by atoms with E-state index in [9.17, 15) is 4.79 Å². The molecule has 2 rings (SSSR count). The van der Waals surface area contributed by atoms with Crippen LogP contribution in [0.1, 0.15) is 12.5 Å². The zero-order valence-corrected chi connectivity index (χ0v) is 11.9. The molecular formula is C14H17N5O2. The molecule has 0 aliphatic heterocycles. The van der Waals surface area contributed by atoms with Crippen molar-refractivity contribution in [3.05, 3.63) is 52.6 Å². The summed E-state index contributed by atoms with van der Waals surface area (Å²) >= 11 is 0. The molecule has 1 heterocycles. The molecule has 3 N–H and O–H groups in total. The van der Waals surface area contributed by atoms with Gasteiger partial charge >= 0.3 is 0 Å². The third kappa shape index (κ3) is 2.71. The summed E-state index contributed by atoms with van der Waals surface area (Å²) in [4.78, 5) is 18.1. The third-order valence-corrected chi connectivity index (χ3v) is 3.20. The highest BCUT2D eigenvalue weighted by molar-refractivity contribution is 6.02. The van der Waals surface area contributed by atoms with Gasteiger partial charge in [0.15, 0.2) is 11.7 Å². The highest BCUT2D eigenvalue weighted by Gasteiger charge is 2.16. The van der Waals surface area contributed by atoms with E-state index < -0.39 is 0 Å². The number of para-hydroxylation sites is 1. The predicted molar refractivity (Wildman–Crippen MR) is 81.2 cm³/mol. The summed E-state index contributed by atoms with van der Waals surface area (Å²) in [6.45, 7) is 2.44. The van der Waals surface area contributed by atoms with Crippen LogP contribution in [0.4, 0.5) is 11.5 Å². The zero-order valence-electron chi connectivity index (χ0n) is 11.9. The van der Waals surface area contributed by atoms with E-state index >= 15 is 0 Å². The molecular weight excluding hydrogens is 270 g/mol. The lowest BCUT2D eigenvalue weighted by Crippen LogP contribution is -2.29. The van der Waals surface area contributed by atoms with Gasteiger partial charge in [-0.25, -0.2) is 4.98 Å². The Kier molecular flexibility index (Phi) is 4.22. The Balaban J connectivity index is 2.56. The average Bonchev–Trinajstić information content (AvgIpc) is 2.53. The fourth-order valence-electron chi connectivity index (χ4n) is 2.07. The van der Waals surface area contributed by atoms with Gasteiger partial charge in [0.2, 0.25) is 0 Å². The molecule has 0 amide bonds. The predicted octanol–water partition coefficient (Wildman–Crippen LogP) is 1.13. The molecule has 0 fully saturated rings. The van der Waals surface area contributed by atoms with Crippen molar-refractivity contribution in [2.75, 3.05) is 11.9 Å². The van der Waals surface area contributed by atoms with Crippen molar-refractivity contribution < 1.29 is 5.21 Å². The van der Waals surface area contributed by atoms with Gasteiger partial charge in [-0.3, -0.25) is 4.79 Å². The highest BCUT2D eigenvalue weighted by Crippen LogP contribution is 2.23. The van der Waals surface area contributed by atoms with Crippen molar-refractivity contribution in [1.82, 2.24) is 9.55 Å². The molecule has 110 valence electrons. The Morgan fingerprint density at radius 1 is 1.48 bits per heavy atom. The minimum absolute atomic E-state index is 0.0239. The quantitative estimate of drug-likeness (QED) is 0.380. The van der Waals surface area contributed by atoms with Gasteiger partial charge in [0.25, 0.3) is 5.56 Å². The lowest BCUT2D eigenvalue weighted by atomic mass is 10.1. The van der Waals surface area contributed by atoms with Crippen LogP contribution in [0.3, 0.4) is 0 Å². The van der Waals surface area contributed by atoms with E-state index in [1.54, 1.807) is 53.2 Å². The summed E-state index contributed by atoms with van der Waals surface area (Å²) in [6.07, 6.45) is 3.21. The number of oxime groups is 1. The zero-order chi connectivity index (χ0) is 15.4. The van der Waals surface area contributed by atoms with E-state index in [1.165, 1.54) is 0 Å². The van der Waals surface area contributed by atoms with Gasteiger partial charge < -0.3 is 20.4 Å². The maximum Gasteiger partial charge on any atom is 0.293 e. The van der Waals surface area contributed by atoms with Crippen LogP contribution in [-0.2, 0) is 6.54 Å². The smallest absolute Gasteiger partial charge is 0.293 e. The number of rotatable bonds is 4. The summed E-state index contributed by atoms with van der Waals surface area (Å²) in [5.74, 6) is 0.252. The number of benzene rings is 1. The Labute approximate surface area is 122 Å². The Bertz CT molecular complexity index is 723. The summed E-state index contributed by atoms with van der Waals surface area (Å²) in [5, 5.41) is 11.9. The van der Waals surface area contributed by atoms with E-state index in [4.69, 9.17) is 10.9 Å². The van der Waals surface area contributed by atoms with Crippen LogP contribution in [0.2, 0.25) is 0 Å². The minimum atomic E-state index is -0.197. The molecule has 0 saturated carbocycles. The highest BCUT2D eigenvalue weighted by atomic mass is 16.4. The molecule has 1 aromatic carbocycles. The molecule has 21 heavy (non-hydrogen) atoms. The summed E-state index contributed by atoms with van der Waals surface area (Å²) in [5.41, 5.74) is 6.63. The van der Waals surface area contributed by atoms with Crippen molar-refractivity contribution in [3.8, 4) is 0 Å². The van der Waals surface area contributed by atoms with Gasteiger partial charge in [0.05, 0.1) is 5.69 Å². The number of amidine groups is 1.